The summed E-state index contributed by atoms with van der Waals surface area (Å²) in [5, 5.41) is 18.1. The third-order valence-corrected chi connectivity index (χ3v) is 3.81. The van der Waals surface area contributed by atoms with Gasteiger partial charge in [-0.25, -0.2) is 9.59 Å². The molecule has 0 spiro atoms. The van der Waals surface area contributed by atoms with Gasteiger partial charge in [0.2, 0.25) is 0 Å². The van der Waals surface area contributed by atoms with E-state index in [2.05, 4.69) is 58.1 Å². The van der Waals surface area contributed by atoms with Gasteiger partial charge >= 0.3 is 11.9 Å². The van der Waals surface area contributed by atoms with Crippen LogP contribution in [0.2, 0.25) is 0 Å². The molecule has 0 aromatic heterocycles. The molecule has 0 radical (unpaired) electrons. The molecule has 0 saturated heterocycles. The van der Waals surface area contributed by atoms with Crippen LogP contribution in [0.4, 0.5) is 0 Å². The summed E-state index contributed by atoms with van der Waals surface area (Å²) >= 11 is 0. The maximum absolute atomic E-state index is 9.10. The smallest absolute Gasteiger partial charge is 0.414 e. The Hall–Kier alpha value is -2.12. The number of carbonyl (C=O) groups is 2. The normalized spacial score (nSPS) is 10.8. The molecular weight excluding hydrogens is 362 g/mol. The molecule has 160 valence electrons. The van der Waals surface area contributed by atoms with Crippen LogP contribution in [-0.2, 0) is 19.7 Å². The van der Waals surface area contributed by atoms with Crippen LogP contribution in [0.25, 0.3) is 0 Å². The van der Waals surface area contributed by atoms with Crippen molar-refractivity contribution in [2.75, 3.05) is 32.9 Å². The van der Waals surface area contributed by atoms with Gasteiger partial charge in [0.05, 0.1) is 13.2 Å². The number of aliphatic carboxylic acids is 2. The molecule has 0 aliphatic heterocycles. The van der Waals surface area contributed by atoms with Gasteiger partial charge in [-0.1, -0.05) is 52.3 Å². The van der Waals surface area contributed by atoms with E-state index in [9.17, 15) is 0 Å². The first-order chi connectivity index (χ1) is 13.1. The summed E-state index contributed by atoms with van der Waals surface area (Å²) < 4.78 is 11.6. The summed E-state index contributed by atoms with van der Waals surface area (Å²) in [6, 6.07) is 6.35. The molecular formula is C21H35NO6. The number of para-hydroxylation sites is 1. The zero-order valence-corrected chi connectivity index (χ0v) is 17.7. The molecule has 0 saturated carbocycles. The van der Waals surface area contributed by atoms with E-state index < -0.39 is 11.9 Å². The van der Waals surface area contributed by atoms with Crippen molar-refractivity contribution in [3.05, 3.63) is 29.3 Å². The molecule has 0 aliphatic carbocycles. The predicted octanol–water partition coefficient (Wildman–Crippen LogP) is 3.23. The maximum Gasteiger partial charge on any atom is 0.414 e. The van der Waals surface area contributed by atoms with E-state index in [-0.39, 0.29) is 5.41 Å². The SMILES string of the molecule is CCCCNCCOCCOc1c(C)cccc1C(C)(C)C.O=C(O)C(=O)O. The molecule has 28 heavy (non-hydrogen) atoms. The third kappa shape index (κ3) is 11.6. The molecule has 0 bridgehead atoms. The number of hydrogen-bond donors (Lipinski definition) is 3. The minimum Gasteiger partial charge on any atom is -0.491 e. The van der Waals surface area contributed by atoms with E-state index in [0.29, 0.717) is 13.2 Å². The van der Waals surface area contributed by atoms with Gasteiger partial charge in [0.25, 0.3) is 0 Å². The van der Waals surface area contributed by atoms with Crippen LogP contribution >= 0.6 is 0 Å². The van der Waals surface area contributed by atoms with Gasteiger partial charge < -0.3 is 25.0 Å². The Morgan fingerprint density at radius 1 is 1.04 bits per heavy atom. The van der Waals surface area contributed by atoms with E-state index in [1.54, 1.807) is 0 Å². The second kappa shape index (κ2) is 14.0. The van der Waals surface area contributed by atoms with E-state index in [1.807, 2.05) is 0 Å². The van der Waals surface area contributed by atoms with Crippen LogP contribution in [0, 0.1) is 6.92 Å². The molecule has 7 heteroatoms. The van der Waals surface area contributed by atoms with Crippen molar-refractivity contribution < 1.29 is 29.3 Å². The van der Waals surface area contributed by atoms with Crippen molar-refractivity contribution in [1.82, 2.24) is 5.32 Å². The van der Waals surface area contributed by atoms with Crippen LogP contribution in [0.3, 0.4) is 0 Å². The third-order valence-electron chi connectivity index (χ3n) is 3.81. The molecule has 0 fully saturated rings. The zero-order chi connectivity index (χ0) is 21.6. The lowest BCUT2D eigenvalue weighted by Crippen LogP contribution is -2.22. The van der Waals surface area contributed by atoms with Crippen molar-refractivity contribution in [2.45, 2.75) is 52.9 Å². The second-order valence-corrected chi connectivity index (χ2v) is 7.38. The number of benzene rings is 1. The maximum atomic E-state index is 9.10. The Morgan fingerprint density at radius 3 is 2.21 bits per heavy atom. The van der Waals surface area contributed by atoms with Gasteiger partial charge in [0.1, 0.15) is 12.4 Å². The predicted molar refractivity (Wildman–Crippen MR) is 109 cm³/mol. The van der Waals surface area contributed by atoms with Crippen molar-refractivity contribution in [1.29, 1.82) is 0 Å². The number of unbranched alkanes of at least 4 members (excludes halogenated alkanes) is 1. The molecule has 0 amide bonds. The van der Waals surface area contributed by atoms with Crippen LogP contribution in [-0.4, -0.2) is 55.1 Å². The molecule has 0 heterocycles. The van der Waals surface area contributed by atoms with E-state index in [0.717, 1.165) is 25.4 Å². The molecule has 3 N–H and O–H groups in total. The Morgan fingerprint density at radius 2 is 1.68 bits per heavy atom. The fourth-order valence-electron chi connectivity index (χ4n) is 2.31. The van der Waals surface area contributed by atoms with Crippen molar-refractivity contribution in [2.24, 2.45) is 0 Å². The first-order valence-corrected chi connectivity index (χ1v) is 9.58. The van der Waals surface area contributed by atoms with Crippen LogP contribution < -0.4 is 10.1 Å². The van der Waals surface area contributed by atoms with Gasteiger partial charge in [-0.3, -0.25) is 0 Å². The highest BCUT2D eigenvalue weighted by molar-refractivity contribution is 6.27. The lowest BCUT2D eigenvalue weighted by atomic mass is 9.85. The number of aryl methyl sites for hydroxylation is 1. The number of ether oxygens (including phenoxy) is 2. The van der Waals surface area contributed by atoms with E-state index >= 15 is 0 Å². The minimum atomic E-state index is -1.82. The molecule has 1 aromatic carbocycles. The van der Waals surface area contributed by atoms with E-state index in [1.165, 1.54) is 24.0 Å². The van der Waals surface area contributed by atoms with Gasteiger partial charge in [-0.15, -0.1) is 0 Å². The van der Waals surface area contributed by atoms with Crippen molar-refractivity contribution in [3.8, 4) is 5.75 Å². The lowest BCUT2D eigenvalue weighted by Gasteiger charge is -2.24. The Bertz CT molecular complexity index is 583. The van der Waals surface area contributed by atoms with Crippen molar-refractivity contribution >= 4 is 11.9 Å². The second-order valence-electron chi connectivity index (χ2n) is 7.38. The summed E-state index contributed by atoms with van der Waals surface area (Å²) in [6.07, 6.45) is 2.46. The van der Waals surface area contributed by atoms with Gasteiger partial charge in [0, 0.05) is 6.54 Å². The average Bonchev–Trinajstić information content (AvgIpc) is 2.61. The minimum absolute atomic E-state index is 0.0887. The quantitative estimate of drug-likeness (QED) is 0.411. The highest BCUT2D eigenvalue weighted by Crippen LogP contribution is 2.33. The largest absolute Gasteiger partial charge is 0.491 e. The number of nitrogens with one attached hydrogen (secondary N) is 1. The van der Waals surface area contributed by atoms with Crippen LogP contribution in [0.15, 0.2) is 18.2 Å². The monoisotopic (exact) mass is 397 g/mol. The highest BCUT2D eigenvalue weighted by atomic mass is 16.5. The van der Waals surface area contributed by atoms with Gasteiger partial charge in [0.15, 0.2) is 0 Å². The molecule has 7 nitrogen and oxygen atoms in total. The molecule has 1 rings (SSSR count). The summed E-state index contributed by atoms with van der Waals surface area (Å²) in [7, 11) is 0. The Labute approximate surface area is 168 Å². The Balaban J connectivity index is 0.00000105. The standard InChI is InChI=1S/C19H33NO2.C2H2O4/c1-6-7-11-20-12-13-21-14-15-22-18-16(2)9-8-10-17(18)19(3,4)5;3-1(4)2(5)6/h8-10,20H,6-7,11-15H2,1-5H3;(H,3,4)(H,5,6). The summed E-state index contributed by atoms with van der Waals surface area (Å²) in [5.74, 6) is -2.63. The fourth-order valence-corrected chi connectivity index (χ4v) is 2.31. The highest BCUT2D eigenvalue weighted by Gasteiger charge is 2.19. The number of carboxylic acid groups (broad SMARTS) is 2. The number of hydrogen-bond acceptors (Lipinski definition) is 5. The topological polar surface area (TPSA) is 105 Å². The lowest BCUT2D eigenvalue weighted by molar-refractivity contribution is -0.159. The van der Waals surface area contributed by atoms with E-state index in [4.69, 9.17) is 29.3 Å². The number of carboxylic acids is 2. The molecule has 1 aromatic rings. The first kappa shape index (κ1) is 25.9. The first-order valence-electron chi connectivity index (χ1n) is 9.58. The van der Waals surface area contributed by atoms with Crippen molar-refractivity contribution in [3.63, 3.8) is 0 Å². The van der Waals surface area contributed by atoms with Crippen LogP contribution in [0.1, 0.15) is 51.7 Å². The molecule has 0 aliphatic rings. The molecule has 0 atom stereocenters. The van der Waals surface area contributed by atoms with Gasteiger partial charge in [-0.2, -0.15) is 0 Å². The average molecular weight is 398 g/mol. The zero-order valence-electron chi connectivity index (χ0n) is 17.7. The Kier molecular flexibility index (Phi) is 12.9. The summed E-state index contributed by atoms with van der Waals surface area (Å²) in [4.78, 5) is 18.2. The number of rotatable bonds is 10. The van der Waals surface area contributed by atoms with Gasteiger partial charge in [-0.05, 0) is 36.4 Å². The van der Waals surface area contributed by atoms with Crippen LogP contribution in [0.5, 0.6) is 5.75 Å². The summed E-state index contributed by atoms with van der Waals surface area (Å²) in [5.41, 5.74) is 2.54. The fraction of sp³-hybridized carbons (Fsp3) is 0.619. The summed E-state index contributed by atoms with van der Waals surface area (Å²) in [6.45, 7) is 14.9. The molecule has 0 unspecified atom stereocenters.